The summed E-state index contributed by atoms with van der Waals surface area (Å²) < 4.78 is 42.2. The molecule has 0 radical (unpaired) electrons. The fourth-order valence-corrected chi connectivity index (χ4v) is 1.96. The number of hydrogen-bond acceptors (Lipinski definition) is 3. The Bertz CT molecular complexity index is 669. The Hall–Kier alpha value is -2.08. The zero-order valence-corrected chi connectivity index (χ0v) is 11.5. The van der Waals surface area contributed by atoms with Crippen LogP contribution in [0.1, 0.15) is 15.9 Å². The van der Waals surface area contributed by atoms with Crippen molar-refractivity contribution in [1.82, 2.24) is 4.98 Å². The lowest BCUT2D eigenvalue weighted by Gasteiger charge is -2.09. The first kappa shape index (κ1) is 15.3. The average Bonchev–Trinajstić information content (AvgIpc) is 2.45. The fourth-order valence-electron chi connectivity index (χ4n) is 1.69. The quantitative estimate of drug-likeness (QED) is 0.779. The van der Waals surface area contributed by atoms with Gasteiger partial charge in [-0.05, 0) is 18.2 Å². The summed E-state index contributed by atoms with van der Waals surface area (Å²) >= 11 is 5.85. The van der Waals surface area contributed by atoms with Crippen LogP contribution in [0.5, 0.6) is 0 Å². The van der Waals surface area contributed by atoms with Crippen molar-refractivity contribution in [2.24, 2.45) is 0 Å². The SMILES string of the molecule is COC(=O)c1ccc(-c2ncc(C(F)(F)F)cc2Cl)cc1. The largest absolute Gasteiger partial charge is 0.465 e. The minimum absolute atomic E-state index is 0.115. The van der Waals surface area contributed by atoms with E-state index in [1.54, 1.807) is 0 Å². The van der Waals surface area contributed by atoms with Gasteiger partial charge in [0, 0.05) is 11.8 Å². The van der Waals surface area contributed by atoms with Crippen LogP contribution in [0.2, 0.25) is 5.02 Å². The molecule has 0 aliphatic carbocycles. The lowest BCUT2D eigenvalue weighted by Crippen LogP contribution is -2.06. The highest BCUT2D eigenvalue weighted by atomic mass is 35.5. The van der Waals surface area contributed by atoms with Crippen molar-refractivity contribution in [3.63, 3.8) is 0 Å². The summed E-state index contributed by atoms with van der Waals surface area (Å²) in [7, 11) is 1.25. The predicted molar refractivity (Wildman–Crippen MR) is 71.0 cm³/mol. The maximum atomic E-state index is 12.5. The topological polar surface area (TPSA) is 39.2 Å². The van der Waals surface area contributed by atoms with E-state index < -0.39 is 17.7 Å². The van der Waals surface area contributed by atoms with Crippen LogP contribution in [0.4, 0.5) is 13.2 Å². The number of carbonyl (C=O) groups is 1. The van der Waals surface area contributed by atoms with Gasteiger partial charge in [-0.3, -0.25) is 4.98 Å². The maximum absolute atomic E-state index is 12.5. The van der Waals surface area contributed by atoms with Gasteiger partial charge in [0.25, 0.3) is 0 Å². The summed E-state index contributed by atoms with van der Waals surface area (Å²) in [6, 6.07) is 6.85. The number of halogens is 4. The van der Waals surface area contributed by atoms with Gasteiger partial charge in [-0.15, -0.1) is 0 Å². The summed E-state index contributed by atoms with van der Waals surface area (Å²) in [5.41, 5.74) is 0.120. The zero-order chi connectivity index (χ0) is 15.6. The minimum Gasteiger partial charge on any atom is -0.465 e. The Balaban J connectivity index is 2.36. The number of esters is 1. The highest BCUT2D eigenvalue weighted by molar-refractivity contribution is 6.33. The Morgan fingerprint density at radius 3 is 2.33 bits per heavy atom. The smallest absolute Gasteiger partial charge is 0.417 e. The van der Waals surface area contributed by atoms with E-state index in [1.165, 1.54) is 31.4 Å². The highest BCUT2D eigenvalue weighted by Gasteiger charge is 2.31. The molecule has 0 bridgehead atoms. The molecule has 7 heteroatoms. The third-order valence-electron chi connectivity index (χ3n) is 2.75. The molecule has 1 aromatic carbocycles. The van der Waals surface area contributed by atoms with E-state index >= 15 is 0 Å². The van der Waals surface area contributed by atoms with Crippen LogP contribution in [-0.4, -0.2) is 18.1 Å². The van der Waals surface area contributed by atoms with E-state index in [0.29, 0.717) is 11.1 Å². The van der Waals surface area contributed by atoms with Gasteiger partial charge in [0.1, 0.15) is 0 Å². The highest BCUT2D eigenvalue weighted by Crippen LogP contribution is 2.33. The Labute approximate surface area is 123 Å². The van der Waals surface area contributed by atoms with Gasteiger partial charge < -0.3 is 4.74 Å². The molecular formula is C14H9ClF3NO2. The lowest BCUT2D eigenvalue weighted by molar-refractivity contribution is -0.137. The Kier molecular flexibility index (Phi) is 4.18. The van der Waals surface area contributed by atoms with Gasteiger partial charge in [-0.2, -0.15) is 13.2 Å². The molecule has 0 aliphatic rings. The molecule has 2 rings (SSSR count). The molecule has 0 amide bonds. The summed E-state index contributed by atoms with van der Waals surface area (Å²) in [6.07, 6.45) is -3.78. The third kappa shape index (κ3) is 3.33. The molecule has 0 fully saturated rings. The van der Waals surface area contributed by atoms with Gasteiger partial charge in [0.15, 0.2) is 0 Å². The standard InChI is InChI=1S/C14H9ClF3NO2/c1-21-13(20)9-4-2-8(3-5-9)12-11(15)6-10(7-19-12)14(16,17)18/h2-7H,1H3. The molecule has 21 heavy (non-hydrogen) atoms. The van der Waals surface area contributed by atoms with Gasteiger partial charge in [0.2, 0.25) is 0 Å². The van der Waals surface area contributed by atoms with E-state index in [1.807, 2.05) is 0 Å². The second-order valence-electron chi connectivity index (χ2n) is 4.12. The molecular weight excluding hydrogens is 307 g/mol. The van der Waals surface area contributed by atoms with Crippen molar-refractivity contribution in [3.05, 3.63) is 52.7 Å². The summed E-state index contributed by atoms with van der Waals surface area (Å²) in [5, 5.41) is -0.115. The third-order valence-corrected chi connectivity index (χ3v) is 3.04. The molecule has 0 unspecified atom stereocenters. The van der Waals surface area contributed by atoms with Crippen molar-refractivity contribution in [1.29, 1.82) is 0 Å². The number of carbonyl (C=O) groups excluding carboxylic acids is 1. The Morgan fingerprint density at radius 1 is 1.24 bits per heavy atom. The van der Waals surface area contributed by atoms with Crippen LogP contribution in [0.25, 0.3) is 11.3 Å². The number of benzene rings is 1. The zero-order valence-electron chi connectivity index (χ0n) is 10.7. The summed E-state index contributed by atoms with van der Waals surface area (Å²) in [4.78, 5) is 15.0. The number of alkyl halides is 3. The van der Waals surface area contributed by atoms with Crippen LogP contribution in [0.3, 0.4) is 0 Å². The monoisotopic (exact) mass is 315 g/mol. The number of methoxy groups -OCH3 is 1. The van der Waals surface area contributed by atoms with Gasteiger partial charge in [-0.25, -0.2) is 4.79 Å². The molecule has 0 saturated heterocycles. The molecule has 0 N–H and O–H groups in total. The number of ether oxygens (including phenoxy) is 1. The number of nitrogens with zero attached hydrogens (tertiary/aromatic N) is 1. The number of hydrogen-bond donors (Lipinski definition) is 0. The molecule has 1 heterocycles. The first-order chi connectivity index (χ1) is 9.82. The second kappa shape index (κ2) is 5.73. The first-order valence-electron chi connectivity index (χ1n) is 5.74. The number of pyridine rings is 1. The average molecular weight is 316 g/mol. The first-order valence-corrected chi connectivity index (χ1v) is 6.12. The van der Waals surface area contributed by atoms with Gasteiger partial charge >= 0.3 is 12.1 Å². The molecule has 1 aromatic heterocycles. The molecule has 0 spiro atoms. The van der Waals surface area contributed by atoms with Crippen molar-refractivity contribution in [3.8, 4) is 11.3 Å². The molecule has 0 atom stereocenters. The molecule has 0 aliphatic heterocycles. The lowest BCUT2D eigenvalue weighted by atomic mass is 10.1. The molecule has 110 valence electrons. The van der Waals surface area contributed by atoms with E-state index in [2.05, 4.69) is 9.72 Å². The van der Waals surface area contributed by atoms with Crippen molar-refractivity contribution >= 4 is 17.6 Å². The van der Waals surface area contributed by atoms with Crippen LogP contribution in [0.15, 0.2) is 36.5 Å². The van der Waals surface area contributed by atoms with Crippen LogP contribution in [-0.2, 0) is 10.9 Å². The van der Waals surface area contributed by atoms with E-state index in [4.69, 9.17) is 11.6 Å². The van der Waals surface area contributed by atoms with E-state index in [-0.39, 0.29) is 10.7 Å². The van der Waals surface area contributed by atoms with Gasteiger partial charge in [-0.1, -0.05) is 23.7 Å². The van der Waals surface area contributed by atoms with Crippen molar-refractivity contribution in [2.45, 2.75) is 6.18 Å². The molecule has 2 aromatic rings. The van der Waals surface area contributed by atoms with Crippen LogP contribution >= 0.6 is 11.6 Å². The number of aromatic nitrogens is 1. The summed E-state index contributed by atoms with van der Waals surface area (Å²) in [5.74, 6) is -0.506. The van der Waals surface area contributed by atoms with E-state index in [9.17, 15) is 18.0 Å². The van der Waals surface area contributed by atoms with E-state index in [0.717, 1.165) is 12.3 Å². The normalized spacial score (nSPS) is 11.3. The predicted octanol–water partition coefficient (Wildman–Crippen LogP) is 4.21. The number of rotatable bonds is 2. The van der Waals surface area contributed by atoms with Crippen LogP contribution < -0.4 is 0 Å². The molecule has 0 saturated carbocycles. The second-order valence-corrected chi connectivity index (χ2v) is 4.53. The van der Waals surface area contributed by atoms with Crippen molar-refractivity contribution < 1.29 is 22.7 Å². The fraction of sp³-hybridized carbons (Fsp3) is 0.143. The molecule has 3 nitrogen and oxygen atoms in total. The Morgan fingerprint density at radius 2 is 1.86 bits per heavy atom. The minimum atomic E-state index is -4.50. The van der Waals surface area contributed by atoms with Crippen molar-refractivity contribution in [2.75, 3.05) is 7.11 Å². The maximum Gasteiger partial charge on any atom is 0.417 e. The van der Waals surface area contributed by atoms with Crippen LogP contribution in [0, 0.1) is 0 Å². The summed E-state index contributed by atoms with van der Waals surface area (Å²) in [6.45, 7) is 0. The van der Waals surface area contributed by atoms with Gasteiger partial charge in [0.05, 0.1) is 29.0 Å².